The van der Waals surface area contributed by atoms with Gasteiger partial charge in [-0.05, 0) is 62.1 Å². The van der Waals surface area contributed by atoms with Crippen LogP contribution in [0.4, 0.5) is 5.82 Å². The van der Waals surface area contributed by atoms with Gasteiger partial charge < -0.3 is 5.32 Å². The van der Waals surface area contributed by atoms with Crippen LogP contribution in [-0.2, 0) is 13.6 Å². The summed E-state index contributed by atoms with van der Waals surface area (Å²) in [4.78, 5) is 7.01. The molecule has 3 heterocycles. The van der Waals surface area contributed by atoms with Crippen molar-refractivity contribution in [1.29, 1.82) is 0 Å². The Labute approximate surface area is 160 Å². The van der Waals surface area contributed by atoms with Gasteiger partial charge in [0.05, 0.1) is 11.9 Å². The van der Waals surface area contributed by atoms with Crippen molar-refractivity contribution in [2.24, 2.45) is 7.05 Å². The Balaban J connectivity index is 1.67. The van der Waals surface area contributed by atoms with Crippen LogP contribution < -0.4 is 5.32 Å². The van der Waals surface area contributed by atoms with Crippen LogP contribution in [0.1, 0.15) is 31.9 Å². The highest BCUT2D eigenvalue weighted by atomic mass is 15.3. The SMILES string of the molecule is C/C=C/Nc1cc2cc(-c3cnn(C)c3CN3CCCCC3)ccc2cn1. The number of fused-ring (bicyclic) bond motifs is 1. The molecule has 140 valence electrons. The molecule has 1 N–H and O–H groups in total. The summed E-state index contributed by atoms with van der Waals surface area (Å²) >= 11 is 0. The normalized spacial score (nSPS) is 15.6. The fraction of sp³-hybridized carbons (Fsp3) is 0.364. The highest BCUT2D eigenvalue weighted by Crippen LogP contribution is 2.29. The fourth-order valence-electron chi connectivity index (χ4n) is 3.78. The minimum absolute atomic E-state index is 0.859. The van der Waals surface area contributed by atoms with Gasteiger partial charge in [0.25, 0.3) is 0 Å². The molecule has 0 amide bonds. The fourth-order valence-corrected chi connectivity index (χ4v) is 3.78. The molecule has 1 fully saturated rings. The quantitative estimate of drug-likeness (QED) is 0.723. The molecule has 3 aromatic rings. The maximum Gasteiger partial charge on any atom is 0.130 e. The third-order valence-electron chi connectivity index (χ3n) is 5.31. The number of allylic oxidation sites excluding steroid dienone is 1. The first kappa shape index (κ1) is 17.7. The molecule has 0 saturated carbocycles. The van der Waals surface area contributed by atoms with Crippen LogP contribution in [-0.4, -0.2) is 32.8 Å². The Kier molecular flexibility index (Phi) is 5.21. The van der Waals surface area contributed by atoms with E-state index in [0.29, 0.717) is 0 Å². The van der Waals surface area contributed by atoms with Crippen LogP contribution in [0, 0.1) is 0 Å². The van der Waals surface area contributed by atoms with Crippen molar-refractivity contribution < 1.29 is 0 Å². The molecule has 0 atom stereocenters. The second-order valence-electron chi connectivity index (χ2n) is 7.24. The Bertz CT molecular complexity index is 950. The number of nitrogens with zero attached hydrogens (tertiary/aromatic N) is 4. The van der Waals surface area contributed by atoms with Crippen LogP contribution in [0.5, 0.6) is 0 Å². The van der Waals surface area contributed by atoms with E-state index in [0.717, 1.165) is 17.7 Å². The average molecular weight is 361 g/mol. The maximum absolute atomic E-state index is 4.55. The highest BCUT2D eigenvalue weighted by molar-refractivity contribution is 5.88. The van der Waals surface area contributed by atoms with Crippen molar-refractivity contribution in [3.05, 3.63) is 54.6 Å². The number of nitrogens with one attached hydrogen (secondary N) is 1. The summed E-state index contributed by atoms with van der Waals surface area (Å²) in [6.45, 7) is 5.33. The van der Waals surface area contributed by atoms with E-state index in [2.05, 4.69) is 44.6 Å². The molecule has 1 aromatic carbocycles. The van der Waals surface area contributed by atoms with E-state index in [-0.39, 0.29) is 0 Å². The number of rotatable bonds is 5. The topological polar surface area (TPSA) is 46.0 Å². The average Bonchev–Trinajstić information content (AvgIpc) is 3.07. The molecule has 27 heavy (non-hydrogen) atoms. The second-order valence-corrected chi connectivity index (χ2v) is 7.24. The number of pyridine rings is 1. The molecule has 0 aliphatic carbocycles. The predicted octanol–water partition coefficient (Wildman–Crippen LogP) is 4.57. The first-order chi connectivity index (χ1) is 13.2. The van der Waals surface area contributed by atoms with E-state index in [9.17, 15) is 0 Å². The van der Waals surface area contributed by atoms with E-state index in [1.54, 1.807) is 0 Å². The van der Waals surface area contributed by atoms with Crippen molar-refractivity contribution in [3.8, 4) is 11.1 Å². The van der Waals surface area contributed by atoms with Crippen molar-refractivity contribution in [2.75, 3.05) is 18.4 Å². The van der Waals surface area contributed by atoms with E-state index < -0.39 is 0 Å². The van der Waals surface area contributed by atoms with Crippen LogP contribution in [0.25, 0.3) is 21.9 Å². The number of likely N-dealkylation sites (tertiary alicyclic amines) is 1. The van der Waals surface area contributed by atoms with Gasteiger partial charge in [-0.2, -0.15) is 5.10 Å². The van der Waals surface area contributed by atoms with Crippen molar-refractivity contribution in [1.82, 2.24) is 19.7 Å². The summed E-state index contributed by atoms with van der Waals surface area (Å²) in [5, 5.41) is 10.1. The lowest BCUT2D eigenvalue weighted by Gasteiger charge is -2.26. The number of anilines is 1. The van der Waals surface area contributed by atoms with Crippen molar-refractivity contribution >= 4 is 16.6 Å². The van der Waals surface area contributed by atoms with Gasteiger partial charge in [-0.3, -0.25) is 9.58 Å². The predicted molar refractivity (Wildman–Crippen MR) is 112 cm³/mol. The molecule has 1 saturated heterocycles. The zero-order valence-electron chi connectivity index (χ0n) is 16.2. The summed E-state index contributed by atoms with van der Waals surface area (Å²) in [7, 11) is 2.05. The first-order valence-electron chi connectivity index (χ1n) is 9.76. The van der Waals surface area contributed by atoms with Gasteiger partial charge in [-0.25, -0.2) is 4.98 Å². The lowest BCUT2D eigenvalue weighted by Crippen LogP contribution is -2.30. The Morgan fingerprint density at radius 2 is 1.93 bits per heavy atom. The van der Waals surface area contributed by atoms with Gasteiger partial charge in [-0.15, -0.1) is 0 Å². The van der Waals surface area contributed by atoms with E-state index >= 15 is 0 Å². The van der Waals surface area contributed by atoms with E-state index in [4.69, 9.17) is 0 Å². The summed E-state index contributed by atoms with van der Waals surface area (Å²) in [6, 6.07) is 8.67. The Morgan fingerprint density at radius 1 is 1.07 bits per heavy atom. The number of hydrogen-bond acceptors (Lipinski definition) is 4. The molecule has 0 spiro atoms. The zero-order valence-corrected chi connectivity index (χ0v) is 16.2. The molecule has 1 aliphatic heterocycles. The summed E-state index contributed by atoms with van der Waals surface area (Å²) < 4.78 is 2.03. The molecule has 1 aliphatic rings. The number of hydrogen-bond donors (Lipinski definition) is 1. The molecule has 0 radical (unpaired) electrons. The monoisotopic (exact) mass is 361 g/mol. The van der Waals surface area contributed by atoms with E-state index in [1.807, 2.05) is 43.3 Å². The summed E-state index contributed by atoms with van der Waals surface area (Å²) in [6.07, 6.45) is 11.7. The van der Waals surface area contributed by atoms with Gasteiger partial charge in [0.15, 0.2) is 0 Å². The standard InChI is InChI=1S/C22H27N5/c1-3-9-23-22-13-19-12-17(7-8-18(19)14-24-22)20-15-25-26(2)21(20)16-27-10-5-4-6-11-27/h3,7-9,12-15H,4-6,10-11,16H2,1-2H3,(H,23,24)/b9-3+. The van der Waals surface area contributed by atoms with Crippen LogP contribution in [0.2, 0.25) is 0 Å². The molecule has 2 aromatic heterocycles. The maximum atomic E-state index is 4.55. The molecule has 0 bridgehead atoms. The smallest absolute Gasteiger partial charge is 0.130 e. The van der Waals surface area contributed by atoms with Gasteiger partial charge >= 0.3 is 0 Å². The first-order valence-corrected chi connectivity index (χ1v) is 9.76. The zero-order chi connectivity index (χ0) is 18.6. The third kappa shape index (κ3) is 3.88. The van der Waals surface area contributed by atoms with Gasteiger partial charge in [-0.1, -0.05) is 24.6 Å². The largest absolute Gasteiger partial charge is 0.347 e. The number of aryl methyl sites for hydroxylation is 1. The molecular formula is C22H27N5. The molecule has 4 rings (SSSR count). The minimum Gasteiger partial charge on any atom is -0.347 e. The van der Waals surface area contributed by atoms with Gasteiger partial charge in [0.1, 0.15) is 5.82 Å². The number of benzene rings is 1. The van der Waals surface area contributed by atoms with Crippen LogP contribution in [0.15, 0.2) is 48.9 Å². The molecule has 0 unspecified atom stereocenters. The second kappa shape index (κ2) is 7.92. The lowest BCUT2D eigenvalue weighted by atomic mass is 10.0. The minimum atomic E-state index is 0.859. The number of piperidine rings is 1. The molecule has 5 nitrogen and oxygen atoms in total. The van der Waals surface area contributed by atoms with Crippen LogP contribution >= 0.6 is 0 Å². The molecule has 5 heteroatoms. The van der Waals surface area contributed by atoms with Crippen molar-refractivity contribution in [3.63, 3.8) is 0 Å². The molecular weight excluding hydrogens is 334 g/mol. The summed E-state index contributed by atoms with van der Waals surface area (Å²) in [5.41, 5.74) is 3.73. The van der Waals surface area contributed by atoms with E-state index in [1.165, 1.54) is 54.6 Å². The Morgan fingerprint density at radius 3 is 2.74 bits per heavy atom. The number of aromatic nitrogens is 3. The van der Waals surface area contributed by atoms with Crippen LogP contribution in [0.3, 0.4) is 0 Å². The third-order valence-corrected chi connectivity index (χ3v) is 5.31. The Hall–Kier alpha value is -2.66. The van der Waals surface area contributed by atoms with Gasteiger partial charge in [0, 0.05) is 30.7 Å². The lowest BCUT2D eigenvalue weighted by molar-refractivity contribution is 0.216. The highest BCUT2D eigenvalue weighted by Gasteiger charge is 2.17. The summed E-state index contributed by atoms with van der Waals surface area (Å²) in [5.74, 6) is 0.859. The van der Waals surface area contributed by atoms with Gasteiger partial charge in [0.2, 0.25) is 0 Å². The van der Waals surface area contributed by atoms with Crippen molar-refractivity contribution in [2.45, 2.75) is 32.7 Å².